The van der Waals surface area contributed by atoms with Crippen molar-refractivity contribution in [1.29, 1.82) is 5.26 Å². The quantitative estimate of drug-likeness (QED) is 0.574. The molecule has 0 radical (unpaired) electrons. The number of hydrogen-bond donors (Lipinski definition) is 2. The predicted molar refractivity (Wildman–Crippen MR) is 117 cm³/mol. The maximum atomic E-state index is 13.4. The summed E-state index contributed by atoms with van der Waals surface area (Å²) in [5.74, 6) is -4.01. The van der Waals surface area contributed by atoms with Crippen molar-refractivity contribution in [3.05, 3.63) is 0 Å². The van der Waals surface area contributed by atoms with E-state index < -0.39 is 53.5 Å². The van der Waals surface area contributed by atoms with E-state index in [0.717, 1.165) is 0 Å². The number of rotatable bonds is 6. The lowest BCUT2D eigenvalue weighted by molar-refractivity contribution is -0.176. The average Bonchev–Trinajstić information content (AvgIpc) is 3.10. The van der Waals surface area contributed by atoms with Crippen LogP contribution in [0.5, 0.6) is 0 Å². The second-order valence-electron chi connectivity index (χ2n) is 10.7. The van der Waals surface area contributed by atoms with Gasteiger partial charge in [-0.15, -0.1) is 0 Å². The van der Waals surface area contributed by atoms with Gasteiger partial charge in [0.05, 0.1) is 18.0 Å². The van der Waals surface area contributed by atoms with E-state index >= 15 is 0 Å². The number of likely N-dealkylation sites (tertiary alicyclic amines) is 1. The SMILES string of the molecule is CC(C)(C)[C@H](NC(=O)C(F)(F)F)C(=O)N1C[C@H]2[C@H]([C@H]1C(=O)NC(C#N)CC1=NC(=O)N=C1)C2(C)C. The van der Waals surface area contributed by atoms with Crippen molar-refractivity contribution < 1.29 is 32.3 Å². The van der Waals surface area contributed by atoms with Crippen LogP contribution in [0.25, 0.3) is 0 Å². The zero-order chi connectivity index (χ0) is 26.5. The van der Waals surface area contributed by atoms with E-state index in [1.54, 1.807) is 5.32 Å². The molecule has 1 unspecified atom stereocenters. The number of piperidine rings is 1. The Bertz CT molecular complexity index is 1050. The van der Waals surface area contributed by atoms with E-state index in [2.05, 4.69) is 15.3 Å². The molecular formula is C22H27F3N6O4. The van der Waals surface area contributed by atoms with Crippen LogP contribution in [0.4, 0.5) is 18.0 Å². The van der Waals surface area contributed by atoms with Crippen LogP contribution in [0.3, 0.4) is 0 Å². The van der Waals surface area contributed by atoms with Gasteiger partial charge in [-0.05, 0) is 22.7 Å². The van der Waals surface area contributed by atoms with Crippen LogP contribution in [0.2, 0.25) is 0 Å². The van der Waals surface area contributed by atoms with Crippen LogP contribution in [0, 0.1) is 34.0 Å². The molecule has 13 heteroatoms. The third kappa shape index (κ3) is 5.21. The van der Waals surface area contributed by atoms with Crippen molar-refractivity contribution in [2.24, 2.45) is 32.7 Å². The summed E-state index contributed by atoms with van der Waals surface area (Å²) in [5, 5.41) is 13.8. The third-order valence-electron chi connectivity index (χ3n) is 6.85. The fraction of sp³-hybridized carbons (Fsp3) is 0.682. The highest BCUT2D eigenvalue weighted by molar-refractivity contribution is 6.37. The summed E-state index contributed by atoms with van der Waals surface area (Å²) in [5.41, 5.74) is -1.15. The van der Waals surface area contributed by atoms with Crippen LogP contribution in [-0.4, -0.2) is 71.4 Å². The number of hydrogen-bond acceptors (Lipinski definition) is 5. The van der Waals surface area contributed by atoms with E-state index in [0.29, 0.717) is 0 Å². The molecule has 3 rings (SSSR count). The first-order chi connectivity index (χ1) is 16.0. The fourth-order valence-electron chi connectivity index (χ4n) is 4.84. The molecule has 1 saturated heterocycles. The van der Waals surface area contributed by atoms with Crippen molar-refractivity contribution in [3.8, 4) is 6.07 Å². The lowest BCUT2D eigenvalue weighted by Crippen LogP contribution is -2.61. The van der Waals surface area contributed by atoms with Crippen LogP contribution in [0.1, 0.15) is 41.0 Å². The number of carbonyl (C=O) groups excluding carboxylic acids is 4. The number of urea groups is 1. The Hall–Kier alpha value is -3.30. The van der Waals surface area contributed by atoms with Crippen LogP contribution in [-0.2, 0) is 14.4 Å². The molecule has 0 spiro atoms. The van der Waals surface area contributed by atoms with Gasteiger partial charge in [0, 0.05) is 13.0 Å². The Kier molecular flexibility index (Phi) is 6.56. The molecule has 2 N–H and O–H groups in total. The van der Waals surface area contributed by atoms with Gasteiger partial charge in [0.2, 0.25) is 11.8 Å². The van der Waals surface area contributed by atoms with Gasteiger partial charge in [0.15, 0.2) is 0 Å². The van der Waals surface area contributed by atoms with Gasteiger partial charge in [-0.2, -0.15) is 28.4 Å². The second-order valence-corrected chi connectivity index (χ2v) is 10.7. The maximum Gasteiger partial charge on any atom is 0.471 e. The van der Waals surface area contributed by atoms with Gasteiger partial charge in [-0.25, -0.2) is 4.79 Å². The molecule has 5 amide bonds. The molecule has 0 bridgehead atoms. The van der Waals surface area contributed by atoms with Crippen molar-refractivity contribution in [3.63, 3.8) is 0 Å². The number of halogens is 3. The topological polar surface area (TPSA) is 144 Å². The summed E-state index contributed by atoms with van der Waals surface area (Å²) < 4.78 is 38.7. The fourth-order valence-corrected chi connectivity index (χ4v) is 4.84. The molecule has 2 fully saturated rings. The first kappa shape index (κ1) is 26.3. The Morgan fingerprint density at radius 3 is 2.37 bits per heavy atom. The lowest BCUT2D eigenvalue weighted by Gasteiger charge is -2.37. The minimum atomic E-state index is -5.18. The van der Waals surface area contributed by atoms with E-state index in [-0.39, 0.29) is 35.9 Å². The van der Waals surface area contributed by atoms with E-state index in [1.807, 2.05) is 19.9 Å². The first-order valence-electron chi connectivity index (χ1n) is 11.0. The lowest BCUT2D eigenvalue weighted by atomic mass is 9.85. The zero-order valence-corrected chi connectivity index (χ0v) is 19.9. The number of alkyl halides is 3. The zero-order valence-electron chi connectivity index (χ0n) is 19.9. The smallest absolute Gasteiger partial charge is 0.338 e. The van der Waals surface area contributed by atoms with Gasteiger partial charge in [-0.3, -0.25) is 14.4 Å². The molecule has 0 aromatic rings. The van der Waals surface area contributed by atoms with E-state index in [4.69, 9.17) is 0 Å². The molecule has 10 nitrogen and oxygen atoms in total. The molecule has 3 aliphatic rings. The summed E-state index contributed by atoms with van der Waals surface area (Å²) in [7, 11) is 0. The summed E-state index contributed by atoms with van der Waals surface area (Å²) in [6.45, 7) is 8.52. The standard InChI is InChI=1S/C22H27F3N6O4/c1-20(2,3)15(30-18(34)22(23,24)25)17(33)31-9-12-13(21(12,4)5)14(31)16(32)28-10(7-26)6-11-8-27-19(35)29-11/h8,10,12-15H,6,9H2,1-5H3,(H,28,32)(H,30,34)/t10?,12-,13+,14-,15+/m0/s1. The minimum Gasteiger partial charge on any atom is -0.338 e. The molecule has 2 aliphatic heterocycles. The highest BCUT2D eigenvalue weighted by Crippen LogP contribution is 2.65. The number of nitriles is 1. The first-order valence-corrected chi connectivity index (χ1v) is 11.0. The van der Waals surface area contributed by atoms with Gasteiger partial charge < -0.3 is 15.5 Å². The maximum absolute atomic E-state index is 13.4. The van der Waals surface area contributed by atoms with Crippen molar-refractivity contribution in [2.75, 3.05) is 6.54 Å². The molecule has 0 aromatic carbocycles. The number of nitrogens with one attached hydrogen (secondary N) is 2. The average molecular weight is 496 g/mol. The van der Waals surface area contributed by atoms with Gasteiger partial charge in [-0.1, -0.05) is 34.6 Å². The van der Waals surface area contributed by atoms with Crippen molar-refractivity contribution >= 4 is 35.7 Å². The predicted octanol–water partition coefficient (Wildman–Crippen LogP) is 1.61. The number of aliphatic imine (C=N–C) groups is 2. The highest BCUT2D eigenvalue weighted by Gasteiger charge is 2.70. The Morgan fingerprint density at radius 2 is 1.89 bits per heavy atom. The normalized spacial score (nSPS) is 26.4. The Labute approximate surface area is 200 Å². The van der Waals surface area contributed by atoms with Crippen LogP contribution < -0.4 is 10.6 Å². The third-order valence-corrected chi connectivity index (χ3v) is 6.85. The monoisotopic (exact) mass is 496 g/mol. The summed E-state index contributed by atoms with van der Waals surface area (Å²) >= 11 is 0. The number of nitrogens with zero attached hydrogens (tertiary/aromatic N) is 4. The summed E-state index contributed by atoms with van der Waals surface area (Å²) in [6.07, 6.45) is -4.06. The number of amides is 5. The van der Waals surface area contributed by atoms with Gasteiger partial charge in [0.25, 0.3) is 0 Å². The van der Waals surface area contributed by atoms with Crippen molar-refractivity contribution in [2.45, 2.75) is 65.3 Å². The molecular weight excluding hydrogens is 469 g/mol. The van der Waals surface area contributed by atoms with Crippen LogP contribution >= 0.6 is 0 Å². The van der Waals surface area contributed by atoms with E-state index in [1.165, 1.54) is 31.9 Å². The number of carbonyl (C=O) groups is 4. The number of fused-ring (bicyclic) bond motifs is 1. The van der Waals surface area contributed by atoms with E-state index in [9.17, 15) is 37.6 Å². The molecule has 2 heterocycles. The summed E-state index contributed by atoms with van der Waals surface area (Å²) in [6, 6.07) is -2.44. The van der Waals surface area contributed by atoms with Crippen molar-refractivity contribution in [1.82, 2.24) is 15.5 Å². The molecule has 190 valence electrons. The minimum absolute atomic E-state index is 0.0642. The Morgan fingerprint density at radius 1 is 1.26 bits per heavy atom. The molecule has 5 atom stereocenters. The summed E-state index contributed by atoms with van der Waals surface area (Å²) in [4.78, 5) is 57.8. The molecule has 1 aliphatic carbocycles. The molecule has 1 saturated carbocycles. The molecule has 35 heavy (non-hydrogen) atoms. The van der Waals surface area contributed by atoms with Gasteiger partial charge in [0.1, 0.15) is 18.1 Å². The largest absolute Gasteiger partial charge is 0.471 e. The Balaban J connectivity index is 1.82. The highest BCUT2D eigenvalue weighted by atomic mass is 19.4. The second kappa shape index (κ2) is 8.73. The van der Waals surface area contributed by atoms with Crippen LogP contribution in [0.15, 0.2) is 9.98 Å². The molecule has 0 aromatic heterocycles. The van der Waals surface area contributed by atoms with Gasteiger partial charge >= 0.3 is 18.1 Å².